The van der Waals surface area contributed by atoms with Crippen LogP contribution in [0.2, 0.25) is 0 Å². The molecule has 0 saturated carbocycles. The lowest BCUT2D eigenvalue weighted by molar-refractivity contribution is -0.274. The zero-order chi connectivity index (χ0) is 14.0. The fourth-order valence-electron chi connectivity index (χ4n) is 1.14. The number of ether oxygens (including phenoxy) is 1. The van der Waals surface area contributed by atoms with Crippen molar-refractivity contribution in [3.63, 3.8) is 0 Å². The highest BCUT2D eigenvalue weighted by atomic mass is 32.2. The first-order valence-electron chi connectivity index (χ1n) is 4.67. The molecule has 0 aliphatic rings. The largest absolute Gasteiger partial charge is 0.573 e. The van der Waals surface area contributed by atoms with Crippen LogP contribution in [-0.2, 0) is 16.8 Å². The Bertz CT molecular complexity index is 499. The summed E-state index contributed by atoms with van der Waals surface area (Å²) in [7, 11) is -2.56. The molecule has 0 unspecified atom stereocenters. The number of hydrogen-bond acceptors (Lipinski definition) is 3. The zero-order valence-electron chi connectivity index (χ0n) is 9.31. The first kappa shape index (κ1) is 14.7. The highest BCUT2D eigenvalue weighted by Crippen LogP contribution is 2.23. The third-order valence-corrected chi connectivity index (χ3v) is 2.99. The number of rotatable bonds is 4. The Kier molecular flexibility index (Phi) is 4.20. The summed E-state index contributed by atoms with van der Waals surface area (Å²) in [4.78, 5) is 0. The van der Waals surface area contributed by atoms with E-state index < -0.39 is 16.6 Å². The van der Waals surface area contributed by atoms with Gasteiger partial charge in [0.05, 0.1) is 0 Å². The Labute approximate surface area is 102 Å². The lowest BCUT2D eigenvalue weighted by Gasteiger charge is -2.14. The quantitative estimate of drug-likeness (QED) is 0.903. The molecule has 9 heteroatoms. The van der Waals surface area contributed by atoms with E-state index >= 15 is 0 Å². The molecule has 0 radical (unpaired) electrons. The van der Waals surface area contributed by atoms with Crippen LogP contribution in [0.4, 0.5) is 13.2 Å². The van der Waals surface area contributed by atoms with Crippen molar-refractivity contribution < 1.29 is 26.3 Å². The Morgan fingerprint density at radius 2 is 1.78 bits per heavy atom. The van der Waals surface area contributed by atoms with Gasteiger partial charge in [-0.2, -0.15) is 12.7 Å². The van der Waals surface area contributed by atoms with Gasteiger partial charge >= 0.3 is 6.36 Å². The van der Waals surface area contributed by atoms with Crippen LogP contribution in [-0.4, -0.2) is 26.1 Å². The second-order valence-corrected chi connectivity index (χ2v) is 5.15. The predicted octanol–water partition coefficient (Wildman–Crippen LogP) is 1.22. The van der Waals surface area contributed by atoms with Crippen LogP contribution < -0.4 is 9.88 Å². The topological polar surface area (TPSA) is 72.6 Å². The van der Waals surface area contributed by atoms with Crippen molar-refractivity contribution in [2.24, 2.45) is 5.14 Å². The van der Waals surface area contributed by atoms with Crippen molar-refractivity contribution in [2.75, 3.05) is 7.05 Å². The van der Waals surface area contributed by atoms with E-state index in [2.05, 4.69) is 4.74 Å². The Morgan fingerprint density at radius 1 is 1.28 bits per heavy atom. The summed E-state index contributed by atoms with van der Waals surface area (Å²) in [5, 5.41) is 4.86. The van der Waals surface area contributed by atoms with E-state index in [1.54, 1.807) is 0 Å². The molecule has 0 saturated heterocycles. The average Bonchev–Trinajstić information content (AvgIpc) is 2.17. The van der Waals surface area contributed by atoms with Gasteiger partial charge in [-0.25, -0.2) is 5.14 Å². The van der Waals surface area contributed by atoms with Gasteiger partial charge in [0.25, 0.3) is 10.2 Å². The maximum absolute atomic E-state index is 11.9. The second-order valence-electron chi connectivity index (χ2n) is 3.49. The van der Waals surface area contributed by atoms with Crippen molar-refractivity contribution in [3.05, 3.63) is 29.8 Å². The van der Waals surface area contributed by atoms with E-state index in [1.807, 2.05) is 0 Å². The molecule has 0 atom stereocenters. The molecule has 1 rings (SSSR count). The molecule has 1 aromatic rings. The van der Waals surface area contributed by atoms with Crippen LogP contribution in [0.25, 0.3) is 0 Å². The molecule has 0 heterocycles. The van der Waals surface area contributed by atoms with Crippen LogP contribution in [0, 0.1) is 0 Å². The summed E-state index contributed by atoms with van der Waals surface area (Å²) < 4.78 is 62.0. The Hall–Kier alpha value is -1.32. The number of alkyl halides is 3. The average molecular weight is 284 g/mol. The monoisotopic (exact) mass is 284 g/mol. The Balaban J connectivity index is 2.72. The SMILES string of the molecule is CN(Cc1ccc(OC(F)(F)F)cc1)S(N)(=O)=O. The zero-order valence-corrected chi connectivity index (χ0v) is 10.1. The summed E-state index contributed by atoms with van der Waals surface area (Å²) >= 11 is 0. The normalized spacial score (nSPS) is 12.8. The van der Waals surface area contributed by atoms with E-state index in [4.69, 9.17) is 5.14 Å². The summed E-state index contributed by atoms with van der Waals surface area (Å²) in [5.41, 5.74) is 0.487. The van der Waals surface area contributed by atoms with Gasteiger partial charge in [0.15, 0.2) is 0 Å². The van der Waals surface area contributed by atoms with Crippen LogP contribution in [0.15, 0.2) is 24.3 Å². The first-order valence-corrected chi connectivity index (χ1v) is 6.17. The third-order valence-electron chi connectivity index (χ3n) is 2.00. The minimum Gasteiger partial charge on any atom is -0.406 e. The minimum atomic E-state index is -4.75. The lowest BCUT2D eigenvalue weighted by Crippen LogP contribution is -2.32. The van der Waals surface area contributed by atoms with Gasteiger partial charge in [-0.15, -0.1) is 13.2 Å². The van der Waals surface area contributed by atoms with Gasteiger partial charge < -0.3 is 4.74 Å². The summed E-state index contributed by atoms with van der Waals surface area (Å²) in [6.45, 7) is -0.0366. The highest BCUT2D eigenvalue weighted by molar-refractivity contribution is 7.86. The molecule has 0 aliphatic heterocycles. The van der Waals surface area contributed by atoms with Crippen molar-refractivity contribution >= 4 is 10.2 Å². The maximum Gasteiger partial charge on any atom is 0.573 e. The smallest absolute Gasteiger partial charge is 0.406 e. The standard InChI is InChI=1S/C9H11F3N2O3S/c1-14(18(13,15)16)6-7-2-4-8(5-3-7)17-9(10,11)12/h2-5H,6H2,1H3,(H2,13,15,16). The van der Waals surface area contributed by atoms with Crippen molar-refractivity contribution in [1.29, 1.82) is 0 Å². The molecular formula is C9H11F3N2O3S. The van der Waals surface area contributed by atoms with Gasteiger partial charge in [0, 0.05) is 13.6 Å². The van der Waals surface area contributed by atoms with E-state index in [9.17, 15) is 21.6 Å². The number of benzene rings is 1. The third kappa shape index (κ3) is 4.90. The van der Waals surface area contributed by atoms with Gasteiger partial charge in [-0.3, -0.25) is 0 Å². The van der Waals surface area contributed by atoms with Crippen molar-refractivity contribution in [3.8, 4) is 5.75 Å². The summed E-state index contributed by atoms with van der Waals surface area (Å²) in [6, 6.07) is 4.84. The molecule has 102 valence electrons. The van der Waals surface area contributed by atoms with Crippen LogP contribution in [0.5, 0.6) is 5.75 Å². The molecule has 0 aliphatic carbocycles. The predicted molar refractivity (Wildman–Crippen MR) is 57.7 cm³/mol. The summed E-state index contributed by atoms with van der Waals surface area (Å²) in [6.07, 6.45) is -4.75. The lowest BCUT2D eigenvalue weighted by atomic mass is 10.2. The molecule has 18 heavy (non-hydrogen) atoms. The van der Waals surface area contributed by atoms with Crippen LogP contribution in [0.3, 0.4) is 0 Å². The van der Waals surface area contributed by atoms with Crippen LogP contribution >= 0.6 is 0 Å². The molecule has 2 N–H and O–H groups in total. The fraction of sp³-hybridized carbons (Fsp3) is 0.333. The Morgan fingerprint density at radius 3 is 2.17 bits per heavy atom. The number of nitrogens with two attached hydrogens (primary N) is 1. The molecule has 0 aromatic heterocycles. The van der Waals surface area contributed by atoms with Crippen LogP contribution in [0.1, 0.15) is 5.56 Å². The van der Waals surface area contributed by atoms with E-state index in [-0.39, 0.29) is 12.3 Å². The molecule has 0 spiro atoms. The minimum absolute atomic E-state index is 0.0366. The fourth-order valence-corrected chi connectivity index (χ4v) is 1.47. The highest BCUT2D eigenvalue weighted by Gasteiger charge is 2.30. The van der Waals surface area contributed by atoms with E-state index in [0.717, 1.165) is 16.4 Å². The molecule has 0 fully saturated rings. The van der Waals surface area contributed by atoms with Gasteiger partial charge in [0.2, 0.25) is 0 Å². The van der Waals surface area contributed by atoms with Crippen molar-refractivity contribution in [2.45, 2.75) is 12.9 Å². The number of nitrogens with zero attached hydrogens (tertiary/aromatic N) is 1. The molecule has 0 bridgehead atoms. The molecule has 0 amide bonds. The number of hydrogen-bond donors (Lipinski definition) is 1. The van der Waals surface area contributed by atoms with Gasteiger partial charge in [-0.1, -0.05) is 12.1 Å². The second kappa shape index (κ2) is 5.12. The molecule has 1 aromatic carbocycles. The van der Waals surface area contributed by atoms with Crippen molar-refractivity contribution in [1.82, 2.24) is 4.31 Å². The molecule has 5 nitrogen and oxygen atoms in total. The first-order chi connectivity index (χ1) is 8.08. The maximum atomic E-state index is 11.9. The van der Waals surface area contributed by atoms with Gasteiger partial charge in [-0.05, 0) is 17.7 Å². The number of halogens is 3. The van der Waals surface area contributed by atoms with E-state index in [1.165, 1.54) is 19.2 Å². The summed E-state index contributed by atoms with van der Waals surface area (Å²) in [5.74, 6) is -0.371. The van der Waals surface area contributed by atoms with E-state index in [0.29, 0.717) is 5.56 Å². The molecular weight excluding hydrogens is 273 g/mol. The van der Waals surface area contributed by atoms with Gasteiger partial charge in [0.1, 0.15) is 5.75 Å².